The Hall–Kier alpha value is -2.30. The fourth-order valence-electron chi connectivity index (χ4n) is 10.7. The summed E-state index contributed by atoms with van der Waals surface area (Å²) >= 11 is 0. The maximum absolute atomic E-state index is 12.8. The van der Waals surface area contributed by atoms with Crippen LogP contribution in [0.15, 0.2) is 0 Å². The van der Waals surface area contributed by atoms with Gasteiger partial charge in [-0.3, -0.25) is 9.59 Å². The third kappa shape index (κ3) is 14.1. The summed E-state index contributed by atoms with van der Waals surface area (Å²) < 4.78 is 75.1. The molecule has 470 valence electrons. The lowest BCUT2D eigenvalue weighted by Crippen LogP contribution is -2.70. The van der Waals surface area contributed by atoms with Gasteiger partial charge in [-0.1, -0.05) is 0 Å². The number of aliphatic hydroxyl groups excluding tert-OH is 18. The molecule has 35 heteroatoms. The lowest BCUT2D eigenvalue weighted by molar-refractivity contribution is -0.393. The Kier molecular flexibility index (Phi) is 22.9. The van der Waals surface area contributed by atoms with Crippen molar-refractivity contribution < 1.29 is 163 Å². The zero-order valence-electron chi connectivity index (χ0n) is 44.2. The predicted octanol–water partition coefficient (Wildman–Crippen LogP) is -12.9. The van der Waals surface area contributed by atoms with Crippen molar-refractivity contribution in [1.29, 1.82) is 0 Å². The van der Waals surface area contributed by atoms with Crippen molar-refractivity contribution in [1.82, 2.24) is 10.6 Å². The quantitative estimate of drug-likeness (QED) is 0.0606. The molecular formula is C46H78N2O33. The number of rotatable bonds is 18. The molecule has 81 heavy (non-hydrogen) atoms. The van der Waals surface area contributed by atoms with E-state index in [1.54, 1.807) is 0 Å². The van der Waals surface area contributed by atoms with Crippen molar-refractivity contribution in [3.8, 4) is 0 Å². The van der Waals surface area contributed by atoms with Crippen molar-refractivity contribution in [2.24, 2.45) is 0 Å². The molecule has 7 saturated heterocycles. The molecule has 0 saturated carbocycles. The van der Waals surface area contributed by atoms with Gasteiger partial charge < -0.3 is 164 Å². The molecule has 0 spiro atoms. The molecule has 0 bridgehead atoms. The number of hydrogen-bond acceptors (Lipinski definition) is 33. The largest absolute Gasteiger partial charge is 0.394 e. The van der Waals surface area contributed by atoms with Crippen molar-refractivity contribution in [3.63, 3.8) is 0 Å². The average Bonchev–Trinajstić information content (AvgIpc) is 3.57. The van der Waals surface area contributed by atoms with E-state index in [0.717, 1.165) is 13.8 Å². The van der Waals surface area contributed by atoms with E-state index in [2.05, 4.69) is 10.6 Å². The van der Waals surface area contributed by atoms with Crippen LogP contribution in [0.5, 0.6) is 0 Å². The third-order valence-corrected chi connectivity index (χ3v) is 15.2. The Morgan fingerprint density at radius 2 is 0.654 bits per heavy atom. The van der Waals surface area contributed by atoms with Crippen LogP contribution in [0, 0.1) is 0 Å². The molecule has 0 aromatic carbocycles. The van der Waals surface area contributed by atoms with Gasteiger partial charge in [0.2, 0.25) is 11.8 Å². The first-order valence-electron chi connectivity index (χ1n) is 26.2. The molecule has 35 nitrogen and oxygen atoms in total. The highest BCUT2D eigenvalue weighted by molar-refractivity contribution is 5.73. The van der Waals surface area contributed by atoms with Crippen LogP contribution in [0.1, 0.15) is 34.6 Å². The second-order valence-electron chi connectivity index (χ2n) is 21.0. The summed E-state index contributed by atoms with van der Waals surface area (Å²) in [6.07, 6.45) is -59.3. The zero-order valence-corrected chi connectivity index (χ0v) is 44.2. The highest BCUT2D eigenvalue weighted by atomic mass is 16.8. The molecule has 0 aromatic heterocycles. The SMILES string of the molecule is CC(=O)N[C@@H]1[C@@H](O[C@@H]2O[C@H](C)[C@H](O[C@@H]3O[C@H](CO)[C@H](O)[C@H](O[C@@H]4O[C@H](CO)[C@@H](O)[C@H](O[C@@H]5O[C@H](C)[C@H](O[C@@H]6O[C@H](CO)[C@H](O)[C@H](O)[C@H]6O[C@@H]6O[C@H](C)[C@H](O)[C@H](O)[C@H]6O)[C@H](O)[C@H]5O)[C@H]4NC(C)=O)[C@H]3O)[C@H](O)[C@H]2O)[C@H](O)[C@@H](CO)O[C@H]1O. The first kappa shape index (κ1) is 66.2. The maximum Gasteiger partial charge on any atom is 0.217 e. The molecule has 7 fully saturated rings. The molecule has 0 radical (unpaired) electrons. The number of carbonyl (C=O) groups excluding carboxylic acids is 2. The minimum Gasteiger partial charge on any atom is -0.394 e. The number of aliphatic hydroxyl groups is 18. The van der Waals surface area contributed by atoms with E-state index in [1.165, 1.54) is 20.8 Å². The molecule has 7 aliphatic heterocycles. The fourth-order valence-corrected chi connectivity index (χ4v) is 10.7. The maximum atomic E-state index is 12.8. The van der Waals surface area contributed by atoms with E-state index in [0.29, 0.717) is 0 Å². The van der Waals surface area contributed by atoms with E-state index in [-0.39, 0.29) is 0 Å². The molecule has 0 aliphatic carbocycles. The molecule has 7 rings (SSSR count). The highest BCUT2D eigenvalue weighted by Crippen LogP contribution is 2.38. The fraction of sp³-hybridized carbons (Fsp3) is 0.957. The topological polar surface area (TPSA) is 542 Å². The first-order valence-corrected chi connectivity index (χ1v) is 26.2. The van der Waals surface area contributed by atoms with Gasteiger partial charge >= 0.3 is 0 Å². The molecule has 7 heterocycles. The highest BCUT2D eigenvalue weighted by Gasteiger charge is 2.58. The summed E-state index contributed by atoms with van der Waals surface area (Å²) in [4.78, 5) is 24.8. The minimum atomic E-state index is -2.16. The molecule has 0 unspecified atom stereocenters. The smallest absolute Gasteiger partial charge is 0.217 e. The Bertz CT molecular complexity index is 2010. The average molecular weight is 1190 g/mol. The first-order chi connectivity index (χ1) is 38.2. The van der Waals surface area contributed by atoms with Gasteiger partial charge in [-0.25, -0.2) is 0 Å². The van der Waals surface area contributed by atoms with Gasteiger partial charge in [0.1, 0.15) is 152 Å². The van der Waals surface area contributed by atoms with Crippen LogP contribution in [0.25, 0.3) is 0 Å². The molecule has 7 aliphatic rings. The summed E-state index contributed by atoms with van der Waals surface area (Å²) in [6.45, 7) is 2.36. The van der Waals surface area contributed by atoms with Gasteiger partial charge in [0.05, 0.1) is 44.7 Å². The van der Waals surface area contributed by atoms with E-state index in [9.17, 15) is 102 Å². The molecular weight excluding hydrogens is 1110 g/mol. The normalized spacial score (nSPS) is 51.8. The lowest BCUT2D eigenvalue weighted by Gasteiger charge is -2.51. The monoisotopic (exact) mass is 1190 g/mol. The van der Waals surface area contributed by atoms with Crippen LogP contribution < -0.4 is 10.6 Å². The molecule has 2 amide bonds. The van der Waals surface area contributed by atoms with Gasteiger partial charge in [-0.05, 0) is 20.8 Å². The van der Waals surface area contributed by atoms with Crippen molar-refractivity contribution >= 4 is 11.8 Å². The van der Waals surface area contributed by atoms with Gasteiger partial charge in [0.15, 0.2) is 44.0 Å². The Morgan fingerprint density at radius 1 is 0.321 bits per heavy atom. The van der Waals surface area contributed by atoms with E-state index in [1.807, 2.05) is 0 Å². The molecule has 20 N–H and O–H groups in total. The summed E-state index contributed by atoms with van der Waals surface area (Å²) in [7, 11) is 0. The Morgan fingerprint density at radius 3 is 1.15 bits per heavy atom. The van der Waals surface area contributed by atoms with Crippen LogP contribution in [0.4, 0.5) is 0 Å². The molecule has 35 atom stereocenters. The van der Waals surface area contributed by atoms with E-state index in [4.69, 9.17) is 61.6 Å². The minimum absolute atomic E-state index is 0.694. The zero-order chi connectivity index (χ0) is 59.8. The van der Waals surface area contributed by atoms with Crippen LogP contribution >= 0.6 is 0 Å². The second kappa shape index (κ2) is 28.0. The van der Waals surface area contributed by atoms with Crippen molar-refractivity contribution in [2.75, 3.05) is 26.4 Å². The number of hydrogen-bond donors (Lipinski definition) is 20. The van der Waals surface area contributed by atoms with Crippen LogP contribution in [-0.2, 0) is 71.2 Å². The van der Waals surface area contributed by atoms with Gasteiger partial charge in [-0.2, -0.15) is 0 Å². The summed E-state index contributed by atoms with van der Waals surface area (Å²) in [5, 5.41) is 200. The second-order valence-corrected chi connectivity index (χ2v) is 21.0. The third-order valence-electron chi connectivity index (χ3n) is 15.2. The van der Waals surface area contributed by atoms with Gasteiger partial charge in [0.25, 0.3) is 0 Å². The van der Waals surface area contributed by atoms with Crippen LogP contribution in [0.2, 0.25) is 0 Å². The Labute approximate surface area is 460 Å². The van der Waals surface area contributed by atoms with Crippen LogP contribution in [-0.4, -0.2) is 345 Å². The standard InChI is InChI=1S/C46H78N2O33/c1-10-21(55)26(60)30(64)42(69-10)81-39-27(61)22(56)15(6-49)75-46(39)77-35-12(3)71-44(32(66)29(35)63)79-37-20(48-14(5)54)41(73-17(8-51)24(37)58)80-38-25(59)18(9-52)74-45(33(38)67)76-34-11(2)70-43(31(65)28(34)62)78-36-19(47-13(4)53)40(68)72-16(7-50)23(36)57/h10-12,15-46,49-52,55-68H,6-9H2,1-5H3,(H,47,53)(H,48,54)/t10-,11-,12-,15-,16-,17-,18-,19-,20-,21+,22+,23-,24-,25+,26+,27+,28-,29-,30-,31-,32-,33-,34+,35+,36-,37-,38+,39-,40-,41+,42+,43+,44+,45+,46+/m1/s1. The number of carbonyl (C=O) groups is 2. The van der Waals surface area contributed by atoms with Crippen LogP contribution in [0.3, 0.4) is 0 Å². The lowest BCUT2D eigenvalue weighted by atomic mass is 9.94. The number of amides is 2. The van der Waals surface area contributed by atoms with E-state index < -0.39 is 253 Å². The van der Waals surface area contributed by atoms with E-state index >= 15 is 0 Å². The van der Waals surface area contributed by atoms with Gasteiger partial charge in [-0.15, -0.1) is 0 Å². The molecule has 0 aromatic rings. The summed E-state index contributed by atoms with van der Waals surface area (Å²) in [5.74, 6) is -1.54. The van der Waals surface area contributed by atoms with Gasteiger partial charge in [0, 0.05) is 13.8 Å². The Balaban J connectivity index is 1.06. The summed E-state index contributed by atoms with van der Waals surface area (Å²) in [6, 6.07) is -3.23. The predicted molar refractivity (Wildman–Crippen MR) is 251 cm³/mol. The van der Waals surface area contributed by atoms with Crippen molar-refractivity contribution in [2.45, 2.75) is 249 Å². The van der Waals surface area contributed by atoms with Crippen molar-refractivity contribution in [3.05, 3.63) is 0 Å². The number of ether oxygens (including phenoxy) is 13. The summed E-state index contributed by atoms with van der Waals surface area (Å²) in [5.41, 5.74) is 0. The number of nitrogens with one attached hydrogen (secondary N) is 2.